The molecule has 26 heavy (non-hydrogen) atoms. The van der Waals surface area contributed by atoms with E-state index in [1.165, 1.54) is 55.3 Å². The van der Waals surface area contributed by atoms with Gasteiger partial charge in [0.2, 0.25) is 0 Å². The topological polar surface area (TPSA) is 55.2 Å². The molecule has 1 aliphatic heterocycles. The van der Waals surface area contributed by atoms with Crippen LogP contribution in [-0.4, -0.2) is 32.6 Å². The summed E-state index contributed by atoms with van der Waals surface area (Å²) in [4.78, 5) is 12.9. The summed E-state index contributed by atoms with van der Waals surface area (Å²) in [6, 6.07) is 0. The van der Waals surface area contributed by atoms with Crippen molar-refractivity contribution in [1.82, 2.24) is 19.4 Å². The molecule has 1 saturated carbocycles. The molecule has 5 rings (SSSR count). The van der Waals surface area contributed by atoms with Crippen LogP contribution in [0.1, 0.15) is 68.5 Å². The molecule has 0 amide bonds. The van der Waals surface area contributed by atoms with Crippen LogP contribution in [0.5, 0.6) is 0 Å². The summed E-state index contributed by atoms with van der Waals surface area (Å²) in [5.41, 5.74) is 5.77. The van der Waals surface area contributed by atoms with Crippen molar-refractivity contribution in [2.24, 2.45) is 5.92 Å². The highest BCUT2D eigenvalue weighted by Gasteiger charge is 2.22. The number of rotatable bonds is 3. The molecule has 1 saturated heterocycles. The van der Waals surface area contributed by atoms with Crippen molar-refractivity contribution in [3.8, 4) is 0 Å². The summed E-state index contributed by atoms with van der Waals surface area (Å²) >= 11 is 0. The maximum Gasteiger partial charge on any atom is 0.156 e. The molecule has 1 N–H and O–H groups in total. The van der Waals surface area contributed by atoms with Crippen LogP contribution in [0.25, 0.3) is 16.8 Å². The van der Waals surface area contributed by atoms with E-state index >= 15 is 0 Å². The highest BCUT2D eigenvalue weighted by atomic mass is 16.5. The van der Waals surface area contributed by atoms with Gasteiger partial charge in [0, 0.05) is 25.6 Å². The minimum atomic E-state index is 0.553. The smallest absolute Gasteiger partial charge is 0.156 e. The third kappa shape index (κ3) is 3.02. The first kappa shape index (κ1) is 16.3. The van der Waals surface area contributed by atoms with E-state index in [1.54, 1.807) is 0 Å². The van der Waals surface area contributed by atoms with Crippen LogP contribution in [0.3, 0.4) is 0 Å². The lowest BCUT2D eigenvalue weighted by molar-refractivity contribution is 0.0856. The van der Waals surface area contributed by atoms with Crippen LogP contribution in [0, 0.1) is 5.92 Å². The first-order chi connectivity index (χ1) is 12.9. The van der Waals surface area contributed by atoms with Crippen molar-refractivity contribution in [3.63, 3.8) is 0 Å². The molecule has 2 fully saturated rings. The Morgan fingerprint density at radius 3 is 2.69 bits per heavy atom. The van der Waals surface area contributed by atoms with E-state index in [4.69, 9.17) is 9.72 Å². The number of nitrogens with one attached hydrogen (secondary N) is 1. The van der Waals surface area contributed by atoms with Gasteiger partial charge in [-0.3, -0.25) is 4.40 Å². The molecule has 0 spiro atoms. The number of H-pyrrole nitrogens is 1. The van der Waals surface area contributed by atoms with E-state index in [-0.39, 0.29) is 0 Å². The van der Waals surface area contributed by atoms with Crippen molar-refractivity contribution in [2.45, 2.75) is 63.7 Å². The Morgan fingerprint density at radius 2 is 1.88 bits per heavy atom. The molecule has 3 aromatic heterocycles. The molecule has 4 heterocycles. The lowest BCUT2D eigenvalue weighted by Crippen LogP contribution is -2.14. The lowest BCUT2D eigenvalue weighted by atomic mass is 9.93. The predicted octanol–water partition coefficient (Wildman–Crippen LogP) is 4.62. The zero-order valence-electron chi connectivity index (χ0n) is 15.4. The Balaban J connectivity index is 1.50. The van der Waals surface area contributed by atoms with Crippen molar-refractivity contribution in [1.29, 1.82) is 0 Å². The van der Waals surface area contributed by atoms with Gasteiger partial charge < -0.3 is 9.72 Å². The second-order valence-corrected chi connectivity index (χ2v) is 8.11. The van der Waals surface area contributed by atoms with E-state index < -0.39 is 0 Å². The standard InChI is InChI=1S/C21H28N4O/c1-2-4-6-15(5-3-1)11-17-14-25-19(24-17)13-23-21-20(25)18(12-22-21)16-7-9-26-10-8-16/h12-16,22H,1-11H2. The lowest BCUT2D eigenvalue weighted by Gasteiger charge is -2.21. The quantitative estimate of drug-likeness (QED) is 0.700. The van der Waals surface area contributed by atoms with Crippen LogP contribution in [0.2, 0.25) is 0 Å². The normalized spacial score (nSPS) is 20.8. The summed E-state index contributed by atoms with van der Waals surface area (Å²) in [7, 11) is 0. The zero-order chi connectivity index (χ0) is 17.3. The van der Waals surface area contributed by atoms with Crippen molar-refractivity contribution in [2.75, 3.05) is 13.2 Å². The average molecular weight is 352 g/mol. The first-order valence-corrected chi connectivity index (χ1v) is 10.3. The van der Waals surface area contributed by atoms with Crippen LogP contribution in [0.4, 0.5) is 0 Å². The Bertz CT molecular complexity index is 882. The predicted molar refractivity (Wildman–Crippen MR) is 103 cm³/mol. The number of hydrogen-bond donors (Lipinski definition) is 1. The molecule has 138 valence electrons. The summed E-state index contributed by atoms with van der Waals surface area (Å²) in [5.74, 6) is 1.35. The second kappa shape index (κ2) is 7.03. The van der Waals surface area contributed by atoms with Crippen molar-refractivity contribution in [3.05, 3.63) is 29.8 Å². The molecule has 0 unspecified atom stereocenters. The van der Waals surface area contributed by atoms with E-state index in [0.29, 0.717) is 5.92 Å². The number of hydrogen-bond acceptors (Lipinski definition) is 3. The highest BCUT2D eigenvalue weighted by molar-refractivity contribution is 5.79. The van der Waals surface area contributed by atoms with E-state index in [1.807, 2.05) is 6.20 Å². The van der Waals surface area contributed by atoms with Gasteiger partial charge >= 0.3 is 0 Å². The minimum Gasteiger partial charge on any atom is -0.381 e. The molecule has 5 nitrogen and oxygen atoms in total. The highest BCUT2D eigenvalue weighted by Crippen LogP contribution is 2.33. The molecular weight excluding hydrogens is 324 g/mol. The number of aromatic amines is 1. The largest absolute Gasteiger partial charge is 0.381 e. The van der Waals surface area contributed by atoms with E-state index in [2.05, 4.69) is 26.8 Å². The molecule has 0 radical (unpaired) electrons. The summed E-state index contributed by atoms with van der Waals surface area (Å²) in [6.45, 7) is 1.72. The molecular formula is C21H28N4O. The van der Waals surface area contributed by atoms with Gasteiger partial charge in [-0.1, -0.05) is 38.5 Å². The monoisotopic (exact) mass is 352 g/mol. The van der Waals surface area contributed by atoms with Gasteiger partial charge in [0.05, 0.1) is 17.4 Å². The number of aromatic nitrogens is 4. The molecule has 5 heteroatoms. The van der Waals surface area contributed by atoms with Crippen molar-refractivity contribution < 1.29 is 4.74 Å². The summed E-state index contributed by atoms with van der Waals surface area (Å²) in [6.07, 6.45) is 17.9. The molecule has 0 aromatic carbocycles. The SMILES string of the molecule is c1[nH]c2ncc3nc(CC4CCCCCC4)cn3c2c1C1CCOCC1. The van der Waals surface area contributed by atoms with Gasteiger partial charge in [0.25, 0.3) is 0 Å². The molecule has 3 aromatic rings. The third-order valence-electron chi connectivity index (χ3n) is 6.33. The Hall–Kier alpha value is -1.88. The van der Waals surface area contributed by atoms with E-state index in [0.717, 1.165) is 49.7 Å². The van der Waals surface area contributed by atoms with Gasteiger partial charge in [-0.2, -0.15) is 0 Å². The molecule has 2 aliphatic rings. The van der Waals surface area contributed by atoms with E-state index in [9.17, 15) is 0 Å². The molecule has 0 atom stereocenters. The Morgan fingerprint density at radius 1 is 1.08 bits per heavy atom. The maximum absolute atomic E-state index is 5.55. The first-order valence-electron chi connectivity index (χ1n) is 10.3. The van der Waals surface area contributed by atoms with Gasteiger partial charge in [-0.25, -0.2) is 9.97 Å². The fraction of sp³-hybridized carbons (Fsp3) is 0.619. The number of imidazole rings is 1. The second-order valence-electron chi connectivity index (χ2n) is 8.11. The summed E-state index contributed by atoms with van der Waals surface area (Å²) < 4.78 is 7.82. The number of ether oxygens (including phenoxy) is 1. The fourth-order valence-corrected chi connectivity index (χ4v) is 4.89. The Labute approximate surface area is 154 Å². The van der Waals surface area contributed by atoms with Crippen LogP contribution in [-0.2, 0) is 11.2 Å². The van der Waals surface area contributed by atoms with Crippen LogP contribution < -0.4 is 0 Å². The molecule has 0 bridgehead atoms. The number of nitrogens with zero attached hydrogens (tertiary/aromatic N) is 3. The van der Waals surface area contributed by atoms with Gasteiger partial charge in [-0.05, 0) is 36.7 Å². The third-order valence-corrected chi connectivity index (χ3v) is 6.33. The maximum atomic E-state index is 5.55. The zero-order valence-corrected chi connectivity index (χ0v) is 15.4. The average Bonchev–Trinajstić information content (AvgIpc) is 3.19. The van der Waals surface area contributed by atoms with Crippen molar-refractivity contribution >= 4 is 16.8 Å². The Kier molecular flexibility index (Phi) is 4.41. The fourth-order valence-electron chi connectivity index (χ4n) is 4.89. The number of fused-ring (bicyclic) bond motifs is 3. The van der Waals surface area contributed by atoms with Gasteiger partial charge in [0.1, 0.15) is 0 Å². The summed E-state index contributed by atoms with van der Waals surface area (Å²) in [5, 5.41) is 0. The van der Waals surface area contributed by atoms with Crippen LogP contribution >= 0.6 is 0 Å². The van der Waals surface area contributed by atoms with Gasteiger partial charge in [0.15, 0.2) is 11.3 Å². The molecule has 1 aliphatic carbocycles. The van der Waals surface area contributed by atoms with Gasteiger partial charge in [-0.15, -0.1) is 0 Å². The van der Waals surface area contributed by atoms with Crippen LogP contribution in [0.15, 0.2) is 18.6 Å². The minimum absolute atomic E-state index is 0.553.